The molecule has 0 aliphatic carbocycles. The molecular formula is C8H11N3O4. The molecule has 0 saturated carbocycles. The molecule has 0 fully saturated rings. The van der Waals surface area contributed by atoms with Gasteiger partial charge in [0.1, 0.15) is 6.26 Å². The van der Waals surface area contributed by atoms with Crippen LogP contribution in [0.2, 0.25) is 0 Å². The first-order valence-electron chi connectivity index (χ1n) is 4.23. The van der Waals surface area contributed by atoms with E-state index in [9.17, 15) is 9.59 Å². The predicted molar refractivity (Wildman–Crippen MR) is 50.3 cm³/mol. The number of carboxylic acid groups (broad SMARTS) is 1. The first-order valence-corrected chi connectivity index (χ1v) is 4.23. The van der Waals surface area contributed by atoms with Crippen molar-refractivity contribution in [2.24, 2.45) is 5.73 Å². The number of urea groups is 1. The molecule has 1 aromatic rings. The Morgan fingerprint density at radius 2 is 2.40 bits per heavy atom. The highest BCUT2D eigenvalue weighted by Crippen LogP contribution is 2.15. The Labute approximate surface area is 85.4 Å². The number of hydrogen-bond donors (Lipinski definition) is 2. The summed E-state index contributed by atoms with van der Waals surface area (Å²) in [6, 6.07) is 0.0890. The summed E-state index contributed by atoms with van der Waals surface area (Å²) in [4.78, 5) is 22.6. The molecule has 0 bridgehead atoms. The lowest BCUT2D eigenvalue weighted by molar-refractivity contribution is -0.137. The van der Waals surface area contributed by atoms with Gasteiger partial charge in [-0.25, -0.2) is 4.79 Å². The lowest BCUT2D eigenvalue weighted by Gasteiger charge is -2.23. The number of carbonyl (C=O) groups excluding carboxylic acids is 1. The topological polar surface area (TPSA) is 110 Å². The molecule has 0 radical (unpaired) electrons. The average molecular weight is 213 g/mol. The molecule has 1 unspecified atom stereocenters. The minimum atomic E-state index is -1.02. The van der Waals surface area contributed by atoms with Crippen molar-refractivity contribution in [2.75, 3.05) is 4.90 Å². The van der Waals surface area contributed by atoms with Crippen LogP contribution in [0.1, 0.15) is 13.3 Å². The monoisotopic (exact) mass is 213 g/mol. The number of hydrogen-bond acceptors (Lipinski definition) is 4. The van der Waals surface area contributed by atoms with Crippen LogP contribution in [0, 0.1) is 0 Å². The van der Waals surface area contributed by atoms with Gasteiger partial charge in [-0.1, -0.05) is 5.16 Å². The molecule has 0 saturated heterocycles. The van der Waals surface area contributed by atoms with Crippen molar-refractivity contribution in [3.8, 4) is 0 Å². The molecule has 82 valence electrons. The van der Waals surface area contributed by atoms with Gasteiger partial charge in [0.15, 0.2) is 5.82 Å². The van der Waals surface area contributed by atoms with Crippen LogP contribution in [-0.4, -0.2) is 28.3 Å². The molecule has 0 spiro atoms. The van der Waals surface area contributed by atoms with Crippen molar-refractivity contribution in [1.82, 2.24) is 5.16 Å². The van der Waals surface area contributed by atoms with Gasteiger partial charge in [0.25, 0.3) is 0 Å². The summed E-state index contributed by atoms with van der Waals surface area (Å²) in [5, 5.41) is 12.1. The van der Waals surface area contributed by atoms with E-state index in [1.807, 2.05) is 0 Å². The average Bonchev–Trinajstić information content (AvgIpc) is 2.54. The summed E-state index contributed by atoms with van der Waals surface area (Å²) in [7, 11) is 0. The second-order valence-corrected chi connectivity index (χ2v) is 3.01. The SMILES string of the molecule is CC(CC(=O)O)N(C(N)=O)c1ccon1. The third-order valence-corrected chi connectivity index (χ3v) is 1.82. The van der Waals surface area contributed by atoms with Gasteiger partial charge in [-0.05, 0) is 6.92 Å². The summed E-state index contributed by atoms with van der Waals surface area (Å²) < 4.78 is 4.55. The van der Waals surface area contributed by atoms with Gasteiger partial charge in [-0.15, -0.1) is 0 Å². The maximum absolute atomic E-state index is 11.1. The summed E-state index contributed by atoms with van der Waals surface area (Å²) in [5.74, 6) is -0.812. The fraction of sp³-hybridized carbons (Fsp3) is 0.375. The van der Waals surface area contributed by atoms with Crippen LogP contribution >= 0.6 is 0 Å². The number of carbonyl (C=O) groups is 2. The fourth-order valence-electron chi connectivity index (χ4n) is 1.23. The van der Waals surface area contributed by atoms with Gasteiger partial charge < -0.3 is 15.4 Å². The van der Waals surface area contributed by atoms with Crippen molar-refractivity contribution in [3.05, 3.63) is 12.3 Å². The minimum Gasteiger partial charge on any atom is -0.481 e. The van der Waals surface area contributed by atoms with Crippen LogP contribution in [-0.2, 0) is 4.79 Å². The van der Waals surface area contributed by atoms with Crippen molar-refractivity contribution in [2.45, 2.75) is 19.4 Å². The lowest BCUT2D eigenvalue weighted by Crippen LogP contribution is -2.43. The number of aliphatic carboxylic acids is 1. The first-order chi connectivity index (χ1) is 7.02. The molecule has 7 heteroatoms. The van der Waals surface area contributed by atoms with E-state index >= 15 is 0 Å². The molecule has 1 heterocycles. The summed E-state index contributed by atoms with van der Waals surface area (Å²) in [5.41, 5.74) is 5.12. The van der Waals surface area contributed by atoms with Crippen LogP contribution in [0.3, 0.4) is 0 Å². The van der Waals surface area contributed by atoms with Gasteiger partial charge in [-0.3, -0.25) is 9.69 Å². The van der Waals surface area contributed by atoms with Crippen LogP contribution in [0.25, 0.3) is 0 Å². The van der Waals surface area contributed by atoms with Crippen LogP contribution in [0.5, 0.6) is 0 Å². The number of amides is 2. The van der Waals surface area contributed by atoms with E-state index in [-0.39, 0.29) is 12.2 Å². The molecule has 7 nitrogen and oxygen atoms in total. The fourth-order valence-corrected chi connectivity index (χ4v) is 1.23. The van der Waals surface area contributed by atoms with Gasteiger partial charge in [0, 0.05) is 12.1 Å². The Kier molecular flexibility index (Phi) is 3.27. The Balaban J connectivity index is 2.84. The number of primary amides is 1. The normalized spacial score (nSPS) is 12.1. The van der Waals surface area contributed by atoms with E-state index in [2.05, 4.69) is 9.68 Å². The van der Waals surface area contributed by atoms with Crippen LogP contribution < -0.4 is 10.6 Å². The van der Waals surface area contributed by atoms with Crippen molar-refractivity contribution in [1.29, 1.82) is 0 Å². The number of nitrogens with zero attached hydrogens (tertiary/aromatic N) is 2. The molecule has 0 aromatic carbocycles. The third kappa shape index (κ3) is 2.70. The Bertz CT molecular complexity index is 349. The molecule has 1 atom stereocenters. The van der Waals surface area contributed by atoms with Gasteiger partial charge >= 0.3 is 12.0 Å². The largest absolute Gasteiger partial charge is 0.481 e. The van der Waals surface area contributed by atoms with E-state index in [4.69, 9.17) is 10.8 Å². The molecule has 1 aromatic heterocycles. The third-order valence-electron chi connectivity index (χ3n) is 1.82. The lowest BCUT2D eigenvalue weighted by atomic mass is 10.2. The Morgan fingerprint density at radius 3 is 2.80 bits per heavy atom. The number of aromatic nitrogens is 1. The zero-order valence-electron chi connectivity index (χ0n) is 8.08. The number of nitrogens with two attached hydrogens (primary N) is 1. The predicted octanol–water partition coefficient (Wildman–Crippen LogP) is 0.423. The highest BCUT2D eigenvalue weighted by Gasteiger charge is 2.23. The molecule has 1 rings (SSSR count). The van der Waals surface area contributed by atoms with Crippen LogP contribution in [0.4, 0.5) is 10.6 Å². The summed E-state index contributed by atoms with van der Waals surface area (Å²) >= 11 is 0. The summed E-state index contributed by atoms with van der Waals surface area (Å²) in [6.07, 6.45) is 1.06. The molecular weight excluding hydrogens is 202 g/mol. The van der Waals surface area contributed by atoms with Gasteiger partial charge in [-0.2, -0.15) is 0 Å². The summed E-state index contributed by atoms with van der Waals surface area (Å²) in [6.45, 7) is 1.56. The standard InChI is InChI=1S/C8H11N3O4/c1-5(4-7(12)13)11(8(9)14)6-2-3-15-10-6/h2-3,5H,4H2,1H3,(H2,9,14)(H,12,13). The number of anilines is 1. The second-order valence-electron chi connectivity index (χ2n) is 3.01. The van der Waals surface area contributed by atoms with E-state index < -0.39 is 18.0 Å². The maximum atomic E-state index is 11.1. The molecule has 3 N–H and O–H groups in total. The highest BCUT2D eigenvalue weighted by atomic mass is 16.5. The number of rotatable bonds is 4. The van der Waals surface area contributed by atoms with Crippen LogP contribution in [0.15, 0.2) is 16.9 Å². The number of carboxylic acids is 1. The maximum Gasteiger partial charge on any atom is 0.320 e. The zero-order valence-corrected chi connectivity index (χ0v) is 8.08. The van der Waals surface area contributed by atoms with Crippen molar-refractivity contribution >= 4 is 17.8 Å². The van der Waals surface area contributed by atoms with Crippen molar-refractivity contribution in [3.63, 3.8) is 0 Å². The van der Waals surface area contributed by atoms with Crippen molar-refractivity contribution < 1.29 is 19.2 Å². The molecule has 0 aliphatic rings. The van der Waals surface area contributed by atoms with Gasteiger partial charge in [0.2, 0.25) is 0 Å². The highest BCUT2D eigenvalue weighted by molar-refractivity contribution is 5.90. The Morgan fingerprint density at radius 1 is 1.73 bits per heavy atom. The van der Waals surface area contributed by atoms with E-state index in [0.717, 1.165) is 4.90 Å². The quantitative estimate of drug-likeness (QED) is 0.753. The Hall–Kier alpha value is -2.05. The molecule has 0 aliphatic heterocycles. The minimum absolute atomic E-state index is 0.205. The van der Waals surface area contributed by atoms with E-state index in [1.54, 1.807) is 6.92 Å². The smallest absolute Gasteiger partial charge is 0.320 e. The zero-order chi connectivity index (χ0) is 11.4. The second kappa shape index (κ2) is 4.45. The van der Waals surface area contributed by atoms with E-state index in [1.165, 1.54) is 12.3 Å². The molecule has 15 heavy (non-hydrogen) atoms. The molecule has 2 amide bonds. The van der Waals surface area contributed by atoms with E-state index in [0.29, 0.717) is 0 Å². The van der Waals surface area contributed by atoms with Gasteiger partial charge in [0.05, 0.1) is 6.42 Å². The first kappa shape index (κ1) is 11.0.